The van der Waals surface area contributed by atoms with Crippen LogP contribution in [-0.4, -0.2) is 28.3 Å². The normalized spacial score (nSPS) is 10.5. The number of nitrogens with zero attached hydrogens (tertiary/aromatic N) is 2. The molecule has 0 spiro atoms. The molecular formula is C19H15ClFN3O3. The molecule has 0 atom stereocenters. The molecule has 1 aromatic heterocycles. The van der Waals surface area contributed by atoms with Crippen molar-refractivity contribution in [3.05, 3.63) is 76.7 Å². The molecule has 2 aromatic carbocycles. The summed E-state index contributed by atoms with van der Waals surface area (Å²) in [4.78, 5) is 24.1. The highest BCUT2D eigenvalue weighted by Crippen LogP contribution is 2.20. The minimum absolute atomic E-state index is 0.0850. The number of halogens is 2. The molecule has 3 rings (SSSR count). The highest BCUT2D eigenvalue weighted by atomic mass is 35.5. The minimum atomic E-state index is -1.01. The van der Waals surface area contributed by atoms with Crippen LogP contribution in [0.4, 0.5) is 10.2 Å². The lowest BCUT2D eigenvalue weighted by atomic mass is 10.2. The molecule has 0 aliphatic carbocycles. The van der Waals surface area contributed by atoms with Crippen molar-refractivity contribution < 1.29 is 18.7 Å². The third-order valence-corrected chi connectivity index (χ3v) is 3.92. The van der Waals surface area contributed by atoms with Gasteiger partial charge in [-0.1, -0.05) is 35.9 Å². The molecule has 27 heavy (non-hydrogen) atoms. The number of hydrogen-bond acceptors (Lipinski definition) is 4. The van der Waals surface area contributed by atoms with E-state index in [4.69, 9.17) is 16.3 Å². The van der Waals surface area contributed by atoms with Crippen molar-refractivity contribution in [3.8, 4) is 5.69 Å². The second-order valence-corrected chi connectivity index (χ2v) is 6.05. The quantitative estimate of drug-likeness (QED) is 0.676. The summed E-state index contributed by atoms with van der Waals surface area (Å²) in [6.45, 7) is 1.19. The summed E-state index contributed by atoms with van der Waals surface area (Å²) in [5.41, 5.74) is 1.05. The van der Waals surface area contributed by atoms with Gasteiger partial charge in [-0.05, 0) is 31.2 Å². The molecule has 138 valence electrons. The summed E-state index contributed by atoms with van der Waals surface area (Å²) in [5.74, 6) is -2.00. The Morgan fingerprint density at radius 2 is 1.93 bits per heavy atom. The molecule has 0 saturated heterocycles. The number of esters is 1. The van der Waals surface area contributed by atoms with Crippen LogP contribution in [0.15, 0.2) is 54.6 Å². The van der Waals surface area contributed by atoms with Crippen molar-refractivity contribution in [1.29, 1.82) is 0 Å². The number of amides is 1. The number of hydrogen-bond donors (Lipinski definition) is 1. The maximum atomic E-state index is 13.7. The topological polar surface area (TPSA) is 73.2 Å². The van der Waals surface area contributed by atoms with Gasteiger partial charge >= 0.3 is 5.97 Å². The number of anilines is 1. The molecule has 1 amide bonds. The monoisotopic (exact) mass is 387 g/mol. The van der Waals surface area contributed by atoms with E-state index in [1.165, 1.54) is 12.1 Å². The first-order chi connectivity index (χ1) is 13.0. The number of rotatable bonds is 5. The fraction of sp³-hybridized carbons (Fsp3) is 0.105. The Morgan fingerprint density at radius 3 is 2.63 bits per heavy atom. The zero-order valence-electron chi connectivity index (χ0n) is 14.3. The van der Waals surface area contributed by atoms with Crippen LogP contribution in [0.2, 0.25) is 5.02 Å². The van der Waals surface area contributed by atoms with E-state index in [1.54, 1.807) is 17.7 Å². The van der Waals surface area contributed by atoms with E-state index in [0.29, 0.717) is 11.5 Å². The van der Waals surface area contributed by atoms with Crippen LogP contribution in [-0.2, 0) is 9.53 Å². The molecule has 3 aromatic rings. The maximum Gasteiger partial charge on any atom is 0.343 e. The molecule has 0 aliphatic rings. The van der Waals surface area contributed by atoms with Crippen LogP contribution in [0.3, 0.4) is 0 Å². The average molecular weight is 388 g/mol. The van der Waals surface area contributed by atoms with Crippen LogP contribution in [0.1, 0.15) is 16.1 Å². The zero-order chi connectivity index (χ0) is 19.4. The predicted molar refractivity (Wildman–Crippen MR) is 98.6 cm³/mol. The summed E-state index contributed by atoms with van der Waals surface area (Å²) in [5, 5.41) is 6.87. The summed E-state index contributed by atoms with van der Waals surface area (Å²) in [7, 11) is 0. The number of carbonyl (C=O) groups is 2. The van der Waals surface area contributed by atoms with Crippen LogP contribution in [0.25, 0.3) is 5.69 Å². The number of ether oxygens (including phenoxy) is 1. The number of carbonyl (C=O) groups excluding carboxylic acids is 2. The van der Waals surface area contributed by atoms with E-state index < -0.39 is 29.9 Å². The van der Waals surface area contributed by atoms with Gasteiger partial charge in [-0.2, -0.15) is 5.10 Å². The van der Waals surface area contributed by atoms with Crippen molar-refractivity contribution >= 4 is 29.3 Å². The summed E-state index contributed by atoms with van der Waals surface area (Å²) < 4.78 is 20.1. The van der Waals surface area contributed by atoms with E-state index in [-0.39, 0.29) is 5.02 Å². The van der Waals surface area contributed by atoms with Crippen molar-refractivity contribution in [1.82, 2.24) is 9.78 Å². The van der Waals surface area contributed by atoms with Crippen molar-refractivity contribution in [3.63, 3.8) is 0 Å². The van der Waals surface area contributed by atoms with Gasteiger partial charge in [0.25, 0.3) is 5.91 Å². The van der Waals surface area contributed by atoms with Crippen molar-refractivity contribution in [2.24, 2.45) is 0 Å². The number of para-hydroxylation sites is 1. The first-order valence-electron chi connectivity index (χ1n) is 7.99. The van der Waals surface area contributed by atoms with Crippen molar-refractivity contribution in [2.45, 2.75) is 6.92 Å². The Hall–Kier alpha value is -3.19. The summed E-state index contributed by atoms with van der Waals surface area (Å²) >= 11 is 5.81. The van der Waals surface area contributed by atoms with Gasteiger partial charge in [0.1, 0.15) is 17.2 Å². The van der Waals surface area contributed by atoms with E-state index in [1.807, 2.05) is 30.3 Å². The second-order valence-electron chi connectivity index (χ2n) is 5.64. The fourth-order valence-corrected chi connectivity index (χ4v) is 2.67. The van der Waals surface area contributed by atoms with E-state index in [2.05, 4.69) is 10.4 Å². The van der Waals surface area contributed by atoms with Crippen LogP contribution >= 0.6 is 11.6 Å². The van der Waals surface area contributed by atoms with E-state index >= 15 is 0 Å². The Kier molecular flexibility index (Phi) is 5.52. The molecule has 0 unspecified atom stereocenters. The van der Waals surface area contributed by atoms with E-state index in [9.17, 15) is 14.0 Å². The first kappa shape index (κ1) is 18.6. The van der Waals surface area contributed by atoms with E-state index in [0.717, 1.165) is 11.8 Å². The molecule has 0 bridgehead atoms. The highest BCUT2D eigenvalue weighted by molar-refractivity contribution is 6.33. The van der Waals surface area contributed by atoms with Crippen LogP contribution in [0, 0.1) is 12.7 Å². The first-order valence-corrected chi connectivity index (χ1v) is 8.36. The number of nitrogens with one attached hydrogen (secondary N) is 1. The molecule has 8 heteroatoms. The lowest BCUT2D eigenvalue weighted by Crippen LogP contribution is -2.22. The van der Waals surface area contributed by atoms with Gasteiger partial charge in [0.05, 0.1) is 16.4 Å². The Bertz CT molecular complexity index is 969. The lowest BCUT2D eigenvalue weighted by molar-refractivity contribution is -0.119. The third-order valence-electron chi connectivity index (χ3n) is 3.60. The zero-order valence-corrected chi connectivity index (χ0v) is 15.0. The molecular weight excluding hydrogens is 373 g/mol. The van der Waals surface area contributed by atoms with Gasteiger partial charge in [-0.25, -0.2) is 13.9 Å². The molecule has 0 aliphatic heterocycles. The smallest absolute Gasteiger partial charge is 0.343 e. The Morgan fingerprint density at radius 1 is 1.19 bits per heavy atom. The summed E-state index contributed by atoms with van der Waals surface area (Å²) in [6.07, 6.45) is 0. The molecule has 6 nitrogen and oxygen atoms in total. The maximum absolute atomic E-state index is 13.7. The standard InChI is InChI=1S/C19H15ClFN3O3/c1-12-10-16(24(23-12)13-6-3-2-4-7-13)22-17(25)11-27-19(26)18-14(20)8-5-9-15(18)21/h2-10H,11H2,1H3,(H,22,25). The number of benzene rings is 2. The molecule has 1 heterocycles. The number of aryl methyl sites for hydroxylation is 1. The number of aromatic nitrogens is 2. The SMILES string of the molecule is Cc1cc(NC(=O)COC(=O)c2c(F)cccc2Cl)n(-c2ccccc2)n1. The fourth-order valence-electron chi connectivity index (χ4n) is 2.43. The van der Waals surface area contributed by atoms with Gasteiger partial charge < -0.3 is 10.1 Å². The minimum Gasteiger partial charge on any atom is -0.452 e. The highest BCUT2D eigenvalue weighted by Gasteiger charge is 2.19. The predicted octanol–water partition coefficient (Wildman–Crippen LogP) is 3.77. The average Bonchev–Trinajstić information content (AvgIpc) is 3.00. The molecule has 0 saturated carbocycles. The third kappa shape index (κ3) is 4.32. The van der Waals surface area contributed by atoms with Crippen LogP contribution in [0.5, 0.6) is 0 Å². The van der Waals surface area contributed by atoms with Gasteiger partial charge in [0.2, 0.25) is 0 Å². The van der Waals surface area contributed by atoms with Crippen molar-refractivity contribution in [2.75, 3.05) is 11.9 Å². The van der Waals surface area contributed by atoms with Gasteiger partial charge in [-0.15, -0.1) is 0 Å². The lowest BCUT2D eigenvalue weighted by Gasteiger charge is -2.10. The Labute approximate surface area is 159 Å². The molecule has 1 N–H and O–H groups in total. The van der Waals surface area contributed by atoms with Gasteiger partial charge in [-0.3, -0.25) is 4.79 Å². The summed E-state index contributed by atoms with van der Waals surface area (Å²) in [6, 6.07) is 14.7. The Balaban J connectivity index is 1.68. The van der Waals surface area contributed by atoms with Gasteiger partial charge in [0.15, 0.2) is 6.61 Å². The molecule has 0 fully saturated rings. The van der Waals surface area contributed by atoms with Gasteiger partial charge in [0, 0.05) is 6.07 Å². The van der Waals surface area contributed by atoms with Crippen LogP contribution < -0.4 is 5.32 Å². The molecule has 0 radical (unpaired) electrons. The second kappa shape index (κ2) is 8.01. The largest absolute Gasteiger partial charge is 0.452 e.